The molecule has 0 radical (unpaired) electrons. The minimum Gasteiger partial charge on any atom is -0.294 e. The molecule has 0 aromatic heterocycles. The first-order valence-corrected chi connectivity index (χ1v) is 6.07. The second-order valence-corrected chi connectivity index (χ2v) is 5.53. The van der Waals surface area contributed by atoms with Gasteiger partial charge in [0.2, 0.25) is 0 Å². The maximum Gasteiger partial charge on any atom is 0.164 e. The Morgan fingerprint density at radius 1 is 1.31 bits per heavy atom. The Hall–Kier alpha value is -0.820. The summed E-state index contributed by atoms with van der Waals surface area (Å²) in [5.41, 5.74) is 1.86. The molecule has 1 aromatic carbocycles. The fraction of sp³-hybridized carbons (Fsp3) is 0.500. The SMILES string of the molecule is CCCC(=O)c1cc(C(C)(C)C)ccc1Cl. The number of hydrogen-bond donors (Lipinski definition) is 0. The average molecular weight is 239 g/mol. The Morgan fingerprint density at radius 3 is 2.44 bits per heavy atom. The van der Waals surface area contributed by atoms with Crippen LogP contribution >= 0.6 is 11.6 Å². The molecule has 0 bridgehead atoms. The molecule has 0 aliphatic carbocycles. The van der Waals surface area contributed by atoms with Gasteiger partial charge in [0.05, 0.1) is 5.02 Å². The molecule has 0 saturated carbocycles. The lowest BCUT2D eigenvalue weighted by Gasteiger charge is -2.20. The Kier molecular flexibility index (Phi) is 4.15. The summed E-state index contributed by atoms with van der Waals surface area (Å²) in [5, 5.41) is 0.562. The van der Waals surface area contributed by atoms with Crippen LogP contribution in [0.5, 0.6) is 0 Å². The molecule has 0 unspecified atom stereocenters. The third kappa shape index (κ3) is 3.08. The predicted octanol–water partition coefficient (Wildman–Crippen LogP) is 4.62. The number of ketones is 1. The Labute approximate surface area is 103 Å². The minimum atomic E-state index is 0.0475. The Bertz CT molecular complexity index is 388. The Morgan fingerprint density at radius 2 is 1.94 bits per heavy atom. The van der Waals surface area contributed by atoms with Crippen LogP contribution in [0, 0.1) is 0 Å². The summed E-state index contributed by atoms with van der Waals surface area (Å²) >= 11 is 6.06. The maximum atomic E-state index is 11.9. The van der Waals surface area contributed by atoms with Crippen LogP contribution in [0.3, 0.4) is 0 Å². The monoisotopic (exact) mass is 238 g/mol. The van der Waals surface area contributed by atoms with Crippen molar-refractivity contribution in [2.24, 2.45) is 0 Å². The van der Waals surface area contributed by atoms with E-state index in [9.17, 15) is 4.79 Å². The van der Waals surface area contributed by atoms with Crippen LogP contribution in [0.4, 0.5) is 0 Å². The summed E-state index contributed by atoms with van der Waals surface area (Å²) < 4.78 is 0. The number of Topliss-reactive ketones (excluding diaryl/α,β-unsaturated/α-hetero) is 1. The van der Waals surface area contributed by atoms with Crippen LogP contribution in [0.2, 0.25) is 5.02 Å². The zero-order chi connectivity index (χ0) is 12.3. The summed E-state index contributed by atoms with van der Waals surface area (Å²) in [6.07, 6.45) is 1.42. The quantitative estimate of drug-likeness (QED) is 0.703. The second-order valence-electron chi connectivity index (χ2n) is 5.12. The van der Waals surface area contributed by atoms with Gasteiger partial charge in [0.15, 0.2) is 5.78 Å². The fourth-order valence-corrected chi connectivity index (χ4v) is 1.79. The largest absolute Gasteiger partial charge is 0.294 e. The lowest BCUT2D eigenvalue weighted by molar-refractivity contribution is 0.0982. The molecule has 0 N–H and O–H groups in total. The van der Waals surface area contributed by atoms with Crippen molar-refractivity contribution in [3.05, 3.63) is 34.3 Å². The topological polar surface area (TPSA) is 17.1 Å². The van der Waals surface area contributed by atoms with Gasteiger partial charge in [-0.25, -0.2) is 0 Å². The highest BCUT2D eigenvalue weighted by Crippen LogP contribution is 2.27. The Balaban J connectivity index is 3.14. The van der Waals surface area contributed by atoms with Crippen molar-refractivity contribution in [2.45, 2.75) is 46.0 Å². The first kappa shape index (κ1) is 13.2. The van der Waals surface area contributed by atoms with Crippen molar-refractivity contribution in [2.75, 3.05) is 0 Å². The molecule has 16 heavy (non-hydrogen) atoms. The van der Waals surface area contributed by atoms with Gasteiger partial charge in [0.25, 0.3) is 0 Å². The highest BCUT2D eigenvalue weighted by molar-refractivity contribution is 6.34. The maximum absolute atomic E-state index is 11.9. The van der Waals surface area contributed by atoms with E-state index in [0.29, 0.717) is 17.0 Å². The molecule has 0 aliphatic rings. The average Bonchev–Trinajstić information content (AvgIpc) is 2.16. The van der Waals surface area contributed by atoms with Gasteiger partial charge in [-0.15, -0.1) is 0 Å². The van der Waals surface area contributed by atoms with Crippen LogP contribution in [0.15, 0.2) is 18.2 Å². The molecule has 0 amide bonds. The number of carbonyl (C=O) groups excluding carboxylic acids is 1. The zero-order valence-electron chi connectivity index (χ0n) is 10.4. The molecular weight excluding hydrogens is 220 g/mol. The first-order valence-electron chi connectivity index (χ1n) is 5.69. The van der Waals surface area contributed by atoms with Gasteiger partial charge >= 0.3 is 0 Å². The van der Waals surface area contributed by atoms with E-state index in [1.165, 1.54) is 0 Å². The molecule has 2 heteroatoms. The van der Waals surface area contributed by atoms with Gasteiger partial charge in [-0.05, 0) is 29.5 Å². The van der Waals surface area contributed by atoms with E-state index in [0.717, 1.165) is 12.0 Å². The van der Waals surface area contributed by atoms with E-state index in [1.807, 2.05) is 25.1 Å². The zero-order valence-corrected chi connectivity index (χ0v) is 11.2. The molecule has 0 atom stereocenters. The number of halogens is 1. The van der Waals surface area contributed by atoms with E-state index in [1.54, 1.807) is 0 Å². The van der Waals surface area contributed by atoms with Crippen LogP contribution in [-0.2, 0) is 5.41 Å². The number of carbonyl (C=O) groups is 1. The van der Waals surface area contributed by atoms with Crippen molar-refractivity contribution < 1.29 is 4.79 Å². The molecule has 88 valence electrons. The van der Waals surface area contributed by atoms with Crippen LogP contribution in [0.1, 0.15) is 56.5 Å². The summed E-state index contributed by atoms with van der Waals surface area (Å²) in [6, 6.07) is 5.75. The summed E-state index contributed by atoms with van der Waals surface area (Å²) in [6.45, 7) is 8.39. The standard InChI is InChI=1S/C14H19ClO/c1-5-6-13(16)11-9-10(14(2,3)4)7-8-12(11)15/h7-9H,5-6H2,1-4H3. The summed E-state index contributed by atoms with van der Waals surface area (Å²) in [5.74, 6) is 0.138. The lowest BCUT2D eigenvalue weighted by atomic mass is 9.85. The van der Waals surface area contributed by atoms with E-state index in [2.05, 4.69) is 20.8 Å². The van der Waals surface area contributed by atoms with Crippen molar-refractivity contribution in [3.63, 3.8) is 0 Å². The number of hydrogen-bond acceptors (Lipinski definition) is 1. The highest BCUT2D eigenvalue weighted by Gasteiger charge is 2.17. The second kappa shape index (κ2) is 5.01. The van der Waals surface area contributed by atoms with Gasteiger partial charge in [-0.3, -0.25) is 4.79 Å². The smallest absolute Gasteiger partial charge is 0.164 e. The van der Waals surface area contributed by atoms with Gasteiger partial charge in [0.1, 0.15) is 0 Å². The molecule has 1 rings (SSSR count). The molecule has 0 spiro atoms. The minimum absolute atomic E-state index is 0.0475. The van der Waals surface area contributed by atoms with E-state index in [4.69, 9.17) is 11.6 Å². The predicted molar refractivity (Wildman–Crippen MR) is 69.4 cm³/mol. The van der Waals surface area contributed by atoms with Gasteiger partial charge in [-0.2, -0.15) is 0 Å². The third-order valence-electron chi connectivity index (χ3n) is 2.61. The third-order valence-corrected chi connectivity index (χ3v) is 2.94. The summed E-state index contributed by atoms with van der Waals surface area (Å²) in [4.78, 5) is 11.9. The van der Waals surface area contributed by atoms with Gasteiger partial charge in [0, 0.05) is 12.0 Å². The molecule has 0 heterocycles. The summed E-state index contributed by atoms with van der Waals surface area (Å²) in [7, 11) is 0. The fourth-order valence-electron chi connectivity index (χ4n) is 1.57. The van der Waals surface area contributed by atoms with Crippen LogP contribution in [-0.4, -0.2) is 5.78 Å². The molecule has 1 nitrogen and oxygen atoms in total. The van der Waals surface area contributed by atoms with Crippen LogP contribution < -0.4 is 0 Å². The molecule has 0 aliphatic heterocycles. The highest BCUT2D eigenvalue weighted by atomic mass is 35.5. The molecular formula is C14H19ClO. The van der Waals surface area contributed by atoms with Gasteiger partial charge in [-0.1, -0.05) is 45.4 Å². The van der Waals surface area contributed by atoms with E-state index >= 15 is 0 Å². The molecule has 1 aromatic rings. The van der Waals surface area contributed by atoms with E-state index < -0.39 is 0 Å². The van der Waals surface area contributed by atoms with Gasteiger partial charge < -0.3 is 0 Å². The number of rotatable bonds is 3. The first-order chi connectivity index (χ1) is 7.36. The van der Waals surface area contributed by atoms with Crippen LogP contribution in [0.25, 0.3) is 0 Å². The van der Waals surface area contributed by atoms with E-state index in [-0.39, 0.29) is 11.2 Å². The molecule has 0 saturated heterocycles. The van der Waals surface area contributed by atoms with Crippen molar-refractivity contribution in [3.8, 4) is 0 Å². The normalized spacial score (nSPS) is 11.6. The van der Waals surface area contributed by atoms with Crippen molar-refractivity contribution in [1.29, 1.82) is 0 Å². The van der Waals surface area contributed by atoms with Crippen molar-refractivity contribution in [1.82, 2.24) is 0 Å². The number of benzene rings is 1. The lowest BCUT2D eigenvalue weighted by Crippen LogP contribution is -2.12. The molecule has 0 fully saturated rings. The van der Waals surface area contributed by atoms with Crippen molar-refractivity contribution >= 4 is 17.4 Å².